The Balaban J connectivity index is 2.32. The van der Waals surface area contributed by atoms with E-state index in [1.165, 1.54) is 6.07 Å². The van der Waals surface area contributed by atoms with Crippen LogP contribution < -0.4 is 0 Å². The molecule has 1 aromatic rings. The van der Waals surface area contributed by atoms with Crippen LogP contribution in [0.25, 0.3) is 0 Å². The van der Waals surface area contributed by atoms with Crippen molar-refractivity contribution in [1.29, 1.82) is 0 Å². The number of nitro benzene ring substituents is 1. The molecule has 0 bridgehead atoms. The minimum atomic E-state index is -0.943. The number of hydrogen-bond acceptors (Lipinski definition) is 3. The second-order valence-corrected chi connectivity index (χ2v) is 4.27. The van der Waals surface area contributed by atoms with E-state index in [1.54, 1.807) is 0 Å². The van der Waals surface area contributed by atoms with Crippen LogP contribution in [0.3, 0.4) is 0 Å². The fourth-order valence-corrected chi connectivity index (χ4v) is 1.99. The maximum atomic E-state index is 13.4. The van der Waals surface area contributed by atoms with Crippen LogP contribution in [0.15, 0.2) is 18.2 Å². The van der Waals surface area contributed by atoms with Gasteiger partial charge < -0.3 is 5.11 Å². The molecule has 1 saturated carbocycles. The monoisotopic (exact) mass is 239 g/mol. The van der Waals surface area contributed by atoms with Gasteiger partial charge in [-0.15, -0.1) is 0 Å². The molecule has 0 amide bonds. The lowest BCUT2D eigenvalue weighted by Crippen LogP contribution is -2.13. The SMILES string of the molecule is O=C(O)CC1(c2ccc([N+](=O)[O-])c(F)c2)CC1. The molecule has 0 atom stereocenters. The molecule has 2 rings (SSSR count). The van der Waals surface area contributed by atoms with Gasteiger partial charge in [0.15, 0.2) is 0 Å². The van der Waals surface area contributed by atoms with Gasteiger partial charge in [0.1, 0.15) is 0 Å². The Labute approximate surface area is 96.0 Å². The molecule has 1 aromatic carbocycles. The van der Waals surface area contributed by atoms with Gasteiger partial charge in [-0.2, -0.15) is 4.39 Å². The number of nitrogens with zero attached hydrogens (tertiary/aromatic N) is 1. The van der Waals surface area contributed by atoms with Crippen LogP contribution in [-0.4, -0.2) is 16.0 Å². The number of hydrogen-bond donors (Lipinski definition) is 1. The standard InChI is InChI=1S/C11H10FNO4/c12-8-5-7(1-2-9(8)13(16)17)11(3-4-11)6-10(14)15/h1-2,5H,3-4,6H2,(H,14,15). The summed E-state index contributed by atoms with van der Waals surface area (Å²) in [4.78, 5) is 20.3. The summed E-state index contributed by atoms with van der Waals surface area (Å²) in [6.07, 6.45) is 1.29. The molecule has 0 spiro atoms. The number of rotatable bonds is 4. The Hall–Kier alpha value is -1.98. The largest absolute Gasteiger partial charge is 0.481 e. The van der Waals surface area contributed by atoms with Crippen molar-refractivity contribution in [3.05, 3.63) is 39.7 Å². The summed E-state index contributed by atoms with van der Waals surface area (Å²) in [5.74, 6) is -1.86. The molecule has 0 aliphatic heterocycles. The average molecular weight is 239 g/mol. The van der Waals surface area contributed by atoms with Gasteiger partial charge in [0.05, 0.1) is 11.3 Å². The number of nitro groups is 1. The highest BCUT2D eigenvalue weighted by molar-refractivity contribution is 5.70. The lowest BCUT2D eigenvalue weighted by Gasteiger charge is -2.12. The first-order chi connectivity index (χ1) is 7.94. The Bertz CT molecular complexity index is 496. The zero-order valence-corrected chi connectivity index (χ0v) is 8.85. The molecule has 6 heteroatoms. The molecule has 1 fully saturated rings. The summed E-state index contributed by atoms with van der Waals surface area (Å²) in [7, 11) is 0. The van der Waals surface area contributed by atoms with Crippen molar-refractivity contribution in [2.45, 2.75) is 24.7 Å². The van der Waals surface area contributed by atoms with Crippen LogP contribution in [0.5, 0.6) is 0 Å². The van der Waals surface area contributed by atoms with E-state index in [0.717, 1.165) is 12.1 Å². The Morgan fingerprint density at radius 1 is 1.53 bits per heavy atom. The summed E-state index contributed by atoms with van der Waals surface area (Å²) < 4.78 is 13.4. The fourth-order valence-electron chi connectivity index (χ4n) is 1.99. The number of halogens is 1. The molecule has 0 heterocycles. The van der Waals surface area contributed by atoms with E-state index in [4.69, 9.17) is 5.11 Å². The number of carboxylic acid groups (broad SMARTS) is 1. The lowest BCUT2D eigenvalue weighted by molar-refractivity contribution is -0.387. The molecule has 1 aliphatic rings. The van der Waals surface area contributed by atoms with E-state index < -0.39 is 27.8 Å². The number of aliphatic carboxylic acids is 1. The van der Waals surface area contributed by atoms with Gasteiger partial charge in [-0.3, -0.25) is 14.9 Å². The highest BCUT2D eigenvalue weighted by Crippen LogP contribution is 2.51. The van der Waals surface area contributed by atoms with E-state index in [9.17, 15) is 19.3 Å². The normalized spacial score (nSPS) is 16.5. The Morgan fingerprint density at radius 2 is 2.18 bits per heavy atom. The predicted molar refractivity (Wildman–Crippen MR) is 56.2 cm³/mol. The van der Waals surface area contributed by atoms with Gasteiger partial charge in [-0.1, -0.05) is 6.07 Å². The number of carboxylic acids is 1. The van der Waals surface area contributed by atoms with Crippen LogP contribution in [0.2, 0.25) is 0 Å². The van der Waals surface area contributed by atoms with Gasteiger partial charge in [-0.25, -0.2) is 0 Å². The number of carbonyl (C=O) groups is 1. The van der Waals surface area contributed by atoms with Gasteiger partial charge in [0.25, 0.3) is 0 Å². The molecule has 5 nitrogen and oxygen atoms in total. The summed E-state index contributed by atoms with van der Waals surface area (Å²) >= 11 is 0. The van der Waals surface area contributed by atoms with Crippen molar-refractivity contribution < 1.29 is 19.2 Å². The molecular weight excluding hydrogens is 229 g/mol. The zero-order chi connectivity index (χ0) is 12.6. The smallest absolute Gasteiger partial charge is 0.304 e. The van der Waals surface area contributed by atoms with E-state index in [-0.39, 0.29) is 6.42 Å². The quantitative estimate of drug-likeness (QED) is 0.645. The van der Waals surface area contributed by atoms with Gasteiger partial charge >= 0.3 is 11.7 Å². The maximum absolute atomic E-state index is 13.4. The predicted octanol–water partition coefficient (Wildman–Crippen LogP) is 2.24. The molecule has 1 aliphatic carbocycles. The van der Waals surface area contributed by atoms with Crippen LogP contribution >= 0.6 is 0 Å². The second-order valence-electron chi connectivity index (χ2n) is 4.27. The van der Waals surface area contributed by atoms with Crippen LogP contribution in [-0.2, 0) is 10.2 Å². The lowest BCUT2D eigenvalue weighted by atomic mass is 9.92. The molecule has 90 valence electrons. The summed E-state index contributed by atoms with van der Waals surface area (Å²) in [6.45, 7) is 0. The van der Waals surface area contributed by atoms with Crippen molar-refractivity contribution in [3.8, 4) is 0 Å². The third-order valence-electron chi connectivity index (χ3n) is 3.10. The third kappa shape index (κ3) is 2.11. The average Bonchev–Trinajstić information content (AvgIpc) is 2.97. The number of benzene rings is 1. The first-order valence-electron chi connectivity index (χ1n) is 5.11. The van der Waals surface area contributed by atoms with Crippen molar-refractivity contribution in [1.82, 2.24) is 0 Å². The summed E-state index contributed by atoms with van der Waals surface area (Å²) in [6, 6.07) is 3.61. The minimum Gasteiger partial charge on any atom is -0.481 e. The molecule has 0 unspecified atom stereocenters. The minimum absolute atomic E-state index is 0.0652. The van der Waals surface area contributed by atoms with E-state index in [1.807, 2.05) is 0 Å². The maximum Gasteiger partial charge on any atom is 0.304 e. The van der Waals surface area contributed by atoms with E-state index >= 15 is 0 Å². The van der Waals surface area contributed by atoms with Crippen LogP contribution in [0, 0.1) is 15.9 Å². The van der Waals surface area contributed by atoms with Crippen molar-refractivity contribution in [3.63, 3.8) is 0 Å². The van der Waals surface area contributed by atoms with Crippen molar-refractivity contribution in [2.24, 2.45) is 0 Å². The van der Waals surface area contributed by atoms with Crippen LogP contribution in [0.4, 0.5) is 10.1 Å². The van der Waals surface area contributed by atoms with Crippen LogP contribution in [0.1, 0.15) is 24.8 Å². The van der Waals surface area contributed by atoms with Crippen molar-refractivity contribution in [2.75, 3.05) is 0 Å². The molecule has 0 saturated heterocycles. The summed E-state index contributed by atoms with van der Waals surface area (Å²) in [5, 5.41) is 19.2. The molecule has 0 aromatic heterocycles. The zero-order valence-electron chi connectivity index (χ0n) is 8.85. The fraction of sp³-hybridized carbons (Fsp3) is 0.364. The first kappa shape index (κ1) is 11.5. The molecule has 17 heavy (non-hydrogen) atoms. The van der Waals surface area contributed by atoms with E-state index in [2.05, 4.69) is 0 Å². The first-order valence-corrected chi connectivity index (χ1v) is 5.11. The second kappa shape index (κ2) is 3.80. The highest BCUT2D eigenvalue weighted by Gasteiger charge is 2.46. The Morgan fingerprint density at radius 3 is 2.59 bits per heavy atom. The van der Waals surface area contributed by atoms with Gasteiger partial charge in [-0.05, 0) is 24.5 Å². The molecule has 1 N–H and O–H groups in total. The van der Waals surface area contributed by atoms with Gasteiger partial charge in [0.2, 0.25) is 5.82 Å². The van der Waals surface area contributed by atoms with Crippen molar-refractivity contribution >= 4 is 11.7 Å². The van der Waals surface area contributed by atoms with E-state index in [0.29, 0.717) is 18.4 Å². The molecule has 0 radical (unpaired) electrons. The highest BCUT2D eigenvalue weighted by atomic mass is 19.1. The third-order valence-corrected chi connectivity index (χ3v) is 3.10. The topological polar surface area (TPSA) is 80.4 Å². The summed E-state index contributed by atoms with van der Waals surface area (Å²) in [5.41, 5.74) is -0.579. The molecular formula is C11H10FNO4. The van der Waals surface area contributed by atoms with Gasteiger partial charge in [0, 0.05) is 11.5 Å². The Kier molecular flexibility index (Phi) is 2.57.